The minimum Gasteiger partial charge on any atom is -0.373 e. The molecule has 1 aromatic carbocycles. The Kier molecular flexibility index (Phi) is 3.54. The van der Waals surface area contributed by atoms with Crippen LogP contribution in [0.2, 0.25) is 0 Å². The van der Waals surface area contributed by atoms with Crippen LogP contribution in [-0.4, -0.2) is 17.3 Å². The number of hydrogen-bond acceptors (Lipinski definition) is 5. The smallest absolute Gasteiger partial charge is 0.258 e. The van der Waals surface area contributed by atoms with Gasteiger partial charge in [-0.25, -0.2) is 0 Å². The lowest BCUT2D eigenvalue weighted by atomic mass is 10.1. The van der Waals surface area contributed by atoms with E-state index in [2.05, 4.69) is 41.4 Å². The number of ether oxygens (including phenoxy) is 1. The number of nitrogens with zero attached hydrogens (tertiary/aromatic N) is 2. The van der Waals surface area contributed by atoms with Crippen LogP contribution in [-0.2, 0) is 17.8 Å². The molecule has 2 aromatic rings. The molecule has 1 aliphatic heterocycles. The van der Waals surface area contributed by atoms with Gasteiger partial charge in [0.15, 0.2) is 0 Å². The van der Waals surface area contributed by atoms with Crippen LogP contribution < -0.4 is 5.32 Å². The maximum absolute atomic E-state index is 5.43. The summed E-state index contributed by atoms with van der Waals surface area (Å²) in [6.45, 7) is 5.98. The summed E-state index contributed by atoms with van der Waals surface area (Å²) in [5.41, 5.74) is 3.60. The maximum Gasteiger partial charge on any atom is 0.258 e. The van der Waals surface area contributed by atoms with E-state index in [0.29, 0.717) is 17.6 Å². The summed E-state index contributed by atoms with van der Waals surface area (Å²) in [5.74, 6) is 1.46. The van der Waals surface area contributed by atoms with Crippen molar-refractivity contribution >= 4 is 0 Å². The predicted octanol–water partition coefficient (Wildman–Crippen LogP) is 2.68. The van der Waals surface area contributed by atoms with E-state index in [1.54, 1.807) is 7.11 Å². The highest BCUT2D eigenvalue weighted by Gasteiger charge is 2.22. The third-order valence-electron chi connectivity index (χ3n) is 3.64. The van der Waals surface area contributed by atoms with E-state index in [0.717, 1.165) is 18.7 Å². The van der Waals surface area contributed by atoms with Crippen molar-refractivity contribution in [2.45, 2.75) is 33.0 Å². The topological polar surface area (TPSA) is 60.2 Å². The minimum absolute atomic E-state index is 0.136. The molecule has 0 saturated heterocycles. The summed E-state index contributed by atoms with van der Waals surface area (Å²) in [6, 6.07) is 6.26. The second-order valence-corrected chi connectivity index (χ2v) is 5.45. The van der Waals surface area contributed by atoms with E-state index in [9.17, 15) is 0 Å². The van der Waals surface area contributed by atoms with Gasteiger partial charge in [0, 0.05) is 25.8 Å². The van der Waals surface area contributed by atoms with E-state index in [1.807, 2.05) is 6.07 Å². The zero-order valence-corrected chi connectivity index (χ0v) is 12.0. The lowest BCUT2D eigenvalue weighted by Gasteiger charge is -2.14. The SMILES string of the molecule is COC(c1noc(-c2ccc3c(c2)CNC3)n1)C(C)C. The molecule has 0 saturated carbocycles. The average molecular weight is 273 g/mol. The van der Waals surface area contributed by atoms with Crippen molar-refractivity contribution in [3.63, 3.8) is 0 Å². The Morgan fingerprint density at radius 2 is 2.05 bits per heavy atom. The van der Waals surface area contributed by atoms with Crippen LogP contribution in [0.4, 0.5) is 0 Å². The molecule has 0 aliphatic carbocycles. The Morgan fingerprint density at radius 1 is 1.25 bits per heavy atom. The van der Waals surface area contributed by atoms with Crippen molar-refractivity contribution in [3.8, 4) is 11.5 Å². The van der Waals surface area contributed by atoms with Crippen molar-refractivity contribution in [3.05, 3.63) is 35.2 Å². The summed E-state index contributed by atoms with van der Waals surface area (Å²) in [5, 5.41) is 7.38. The molecule has 1 aliphatic rings. The zero-order chi connectivity index (χ0) is 14.1. The van der Waals surface area contributed by atoms with Crippen molar-refractivity contribution in [1.29, 1.82) is 0 Å². The van der Waals surface area contributed by atoms with Crippen LogP contribution in [0.5, 0.6) is 0 Å². The summed E-state index contributed by atoms with van der Waals surface area (Å²) in [6.07, 6.45) is -0.136. The van der Waals surface area contributed by atoms with Gasteiger partial charge in [0.2, 0.25) is 5.82 Å². The van der Waals surface area contributed by atoms with Crippen molar-refractivity contribution < 1.29 is 9.26 Å². The first-order valence-electron chi connectivity index (χ1n) is 6.88. The predicted molar refractivity (Wildman–Crippen MR) is 74.9 cm³/mol. The maximum atomic E-state index is 5.43. The van der Waals surface area contributed by atoms with Gasteiger partial charge < -0.3 is 14.6 Å². The number of nitrogens with one attached hydrogen (secondary N) is 1. The van der Waals surface area contributed by atoms with Gasteiger partial charge in [-0.05, 0) is 29.2 Å². The van der Waals surface area contributed by atoms with Gasteiger partial charge in [-0.1, -0.05) is 25.1 Å². The molecule has 0 radical (unpaired) electrons. The zero-order valence-electron chi connectivity index (χ0n) is 12.0. The first-order valence-corrected chi connectivity index (χ1v) is 6.88. The van der Waals surface area contributed by atoms with E-state index < -0.39 is 0 Å². The molecule has 106 valence electrons. The van der Waals surface area contributed by atoms with Gasteiger partial charge in [0.05, 0.1) is 0 Å². The number of hydrogen-bond donors (Lipinski definition) is 1. The van der Waals surface area contributed by atoms with Gasteiger partial charge in [0.1, 0.15) is 6.10 Å². The molecule has 1 aromatic heterocycles. The Morgan fingerprint density at radius 3 is 2.80 bits per heavy atom. The quantitative estimate of drug-likeness (QED) is 0.928. The molecule has 20 heavy (non-hydrogen) atoms. The third-order valence-corrected chi connectivity index (χ3v) is 3.64. The molecule has 2 heterocycles. The van der Waals surface area contributed by atoms with Gasteiger partial charge in [-0.2, -0.15) is 4.98 Å². The summed E-state index contributed by atoms with van der Waals surface area (Å²) in [4.78, 5) is 4.48. The standard InChI is InChI=1S/C15H19N3O2/c1-9(2)13(19-3)14-17-15(20-18-14)10-4-5-11-7-16-8-12(11)6-10/h4-6,9,13,16H,7-8H2,1-3H3. The molecular formula is C15H19N3O2. The molecule has 0 bridgehead atoms. The molecule has 1 unspecified atom stereocenters. The summed E-state index contributed by atoms with van der Waals surface area (Å²) in [7, 11) is 1.67. The molecule has 5 nitrogen and oxygen atoms in total. The molecule has 5 heteroatoms. The molecule has 0 spiro atoms. The largest absolute Gasteiger partial charge is 0.373 e. The molecule has 0 amide bonds. The normalized spacial score (nSPS) is 15.6. The highest BCUT2D eigenvalue weighted by molar-refractivity contribution is 5.56. The Bertz CT molecular complexity index is 607. The first-order chi connectivity index (χ1) is 9.69. The Labute approximate surface area is 118 Å². The summed E-state index contributed by atoms with van der Waals surface area (Å²) >= 11 is 0. The number of rotatable bonds is 4. The average Bonchev–Trinajstić information content (AvgIpc) is 3.06. The summed E-state index contributed by atoms with van der Waals surface area (Å²) < 4.78 is 10.8. The van der Waals surface area contributed by atoms with Gasteiger partial charge in [-0.3, -0.25) is 0 Å². The minimum atomic E-state index is -0.136. The highest BCUT2D eigenvalue weighted by Crippen LogP contribution is 2.27. The lowest BCUT2D eigenvalue weighted by molar-refractivity contribution is 0.0556. The number of benzene rings is 1. The van der Waals surface area contributed by atoms with Gasteiger partial charge in [-0.15, -0.1) is 0 Å². The third kappa shape index (κ3) is 2.34. The fraction of sp³-hybridized carbons (Fsp3) is 0.467. The number of methoxy groups -OCH3 is 1. The highest BCUT2D eigenvalue weighted by atomic mass is 16.5. The van der Waals surface area contributed by atoms with Crippen LogP contribution in [0, 0.1) is 5.92 Å². The van der Waals surface area contributed by atoms with Gasteiger partial charge in [0.25, 0.3) is 5.89 Å². The van der Waals surface area contributed by atoms with Crippen LogP contribution >= 0.6 is 0 Å². The van der Waals surface area contributed by atoms with Crippen LogP contribution in [0.15, 0.2) is 22.7 Å². The second kappa shape index (κ2) is 5.34. The molecule has 0 fully saturated rings. The first kappa shape index (κ1) is 13.3. The monoisotopic (exact) mass is 273 g/mol. The van der Waals surface area contributed by atoms with Crippen LogP contribution in [0.3, 0.4) is 0 Å². The molecular weight excluding hydrogens is 254 g/mol. The van der Waals surface area contributed by atoms with Crippen molar-refractivity contribution in [1.82, 2.24) is 15.5 Å². The van der Waals surface area contributed by atoms with E-state index in [1.165, 1.54) is 11.1 Å². The number of fused-ring (bicyclic) bond motifs is 1. The van der Waals surface area contributed by atoms with E-state index in [4.69, 9.17) is 9.26 Å². The van der Waals surface area contributed by atoms with Crippen LogP contribution in [0.1, 0.15) is 36.9 Å². The Balaban J connectivity index is 1.90. The molecule has 1 N–H and O–H groups in total. The molecule has 1 atom stereocenters. The van der Waals surface area contributed by atoms with Crippen LogP contribution in [0.25, 0.3) is 11.5 Å². The fourth-order valence-electron chi connectivity index (χ4n) is 2.57. The van der Waals surface area contributed by atoms with Crippen molar-refractivity contribution in [2.24, 2.45) is 5.92 Å². The van der Waals surface area contributed by atoms with Gasteiger partial charge >= 0.3 is 0 Å². The lowest BCUT2D eigenvalue weighted by Crippen LogP contribution is -2.10. The Hall–Kier alpha value is -1.72. The van der Waals surface area contributed by atoms with Crippen molar-refractivity contribution in [2.75, 3.05) is 7.11 Å². The fourth-order valence-corrected chi connectivity index (χ4v) is 2.57. The second-order valence-electron chi connectivity index (χ2n) is 5.45. The molecule has 3 rings (SSSR count). The van der Waals surface area contributed by atoms with E-state index in [-0.39, 0.29) is 6.10 Å². The van der Waals surface area contributed by atoms with E-state index >= 15 is 0 Å². The number of aromatic nitrogens is 2.